The number of aliphatic hydroxyl groups is 2. The van der Waals surface area contributed by atoms with Crippen LogP contribution in [0.25, 0.3) is 0 Å². The Balaban J connectivity index is 0.000000595. The highest BCUT2D eigenvalue weighted by molar-refractivity contribution is 7.96. The van der Waals surface area contributed by atoms with E-state index in [9.17, 15) is 44.7 Å². The highest BCUT2D eigenvalue weighted by atomic mass is 31.2. The molecule has 5 rings (SSSR count). The molecule has 2 atom stereocenters. The summed E-state index contributed by atoms with van der Waals surface area (Å²) >= 11 is 0. The van der Waals surface area contributed by atoms with Gasteiger partial charge in [0.2, 0.25) is 11.7 Å². The van der Waals surface area contributed by atoms with Gasteiger partial charge in [-0.05, 0) is 148 Å². The molecule has 0 amide bonds. The van der Waals surface area contributed by atoms with E-state index in [1.807, 2.05) is 0 Å². The average molecular weight is 744 g/mol. The average Bonchev–Trinajstić information content (AvgIpc) is 2.90. The van der Waals surface area contributed by atoms with E-state index in [1.54, 1.807) is 0 Å². The first-order valence-corrected chi connectivity index (χ1v) is 20.1. The lowest BCUT2D eigenvalue weighted by atomic mass is 10.2. The summed E-state index contributed by atoms with van der Waals surface area (Å²) in [6.07, 6.45) is 1.15. The third-order valence-corrected chi connectivity index (χ3v) is 18.1. The van der Waals surface area contributed by atoms with Gasteiger partial charge in [-0.3, -0.25) is 0 Å². The normalized spacial score (nSPS) is 18.4. The topological polar surface area (TPSA) is 40.5 Å². The Morgan fingerprint density at radius 2 is 0.520 bits per heavy atom. The van der Waals surface area contributed by atoms with Crippen molar-refractivity contribution in [1.82, 2.24) is 0 Å². The maximum Gasteiger partial charge on any atom is 0.673 e. The number of aryl methyl sites for hydroxylation is 8. The second-order valence-electron chi connectivity index (χ2n) is 13.4. The molecule has 0 aromatic heterocycles. The molecule has 0 bridgehead atoms. The lowest BCUT2D eigenvalue weighted by molar-refractivity contribution is 0.249. The van der Waals surface area contributed by atoms with Gasteiger partial charge in [0.1, 0.15) is 48.1 Å². The van der Waals surface area contributed by atoms with Crippen molar-refractivity contribution in [1.29, 1.82) is 0 Å². The third-order valence-electron chi connectivity index (χ3n) is 8.59. The summed E-state index contributed by atoms with van der Waals surface area (Å²) in [4.78, 5) is 0. The SMILES string of the molecule is Cc1cc(C)cc([P+]2(c3cc(C)cc(C)c3)C[C@H](O)[P+](c3cc(C)cc(C)c3)(c3cc(C)cc(C)c3)C[C@H]2O)c1.F[B-](F)(F)F.F[B-](F)(F)F. The Labute approximate surface area is 291 Å². The van der Waals surface area contributed by atoms with E-state index < -0.39 is 40.7 Å². The lowest BCUT2D eigenvalue weighted by Gasteiger charge is -2.43. The molecule has 4 aromatic rings. The fourth-order valence-electron chi connectivity index (χ4n) is 7.17. The Morgan fingerprint density at radius 3 is 0.660 bits per heavy atom. The minimum atomic E-state index is -6.00. The summed E-state index contributed by atoms with van der Waals surface area (Å²) in [5, 5.41) is 30.3. The molecule has 1 aliphatic rings. The molecular formula is C36H44B2F8O2P2. The van der Waals surface area contributed by atoms with Gasteiger partial charge in [-0.1, -0.05) is 24.3 Å². The summed E-state index contributed by atoms with van der Waals surface area (Å²) in [5.41, 5.74) is 9.63. The molecule has 0 unspecified atom stereocenters. The molecule has 0 spiro atoms. The van der Waals surface area contributed by atoms with Gasteiger partial charge in [-0.15, -0.1) is 0 Å². The molecular weight excluding hydrogens is 700 g/mol. The van der Waals surface area contributed by atoms with Crippen LogP contribution in [0.3, 0.4) is 0 Å². The van der Waals surface area contributed by atoms with Crippen LogP contribution < -0.4 is 21.2 Å². The van der Waals surface area contributed by atoms with E-state index >= 15 is 0 Å². The molecule has 272 valence electrons. The van der Waals surface area contributed by atoms with Crippen molar-refractivity contribution in [2.75, 3.05) is 12.3 Å². The largest absolute Gasteiger partial charge is 0.673 e. The zero-order valence-corrected chi connectivity index (χ0v) is 31.3. The molecule has 2 N–H and O–H groups in total. The molecule has 0 radical (unpaired) electrons. The summed E-state index contributed by atoms with van der Waals surface area (Å²) in [6.45, 7) is 17.1. The quantitative estimate of drug-likeness (QED) is 0.125. The van der Waals surface area contributed by atoms with Gasteiger partial charge in [0.05, 0.1) is 0 Å². The smallest absolute Gasteiger partial charge is 0.418 e. The molecule has 1 fully saturated rings. The zero-order chi connectivity index (χ0) is 38.0. The van der Waals surface area contributed by atoms with Gasteiger partial charge in [0.15, 0.2) is 0 Å². The molecule has 1 saturated heterocycles. The second kappa shape index (κ2) is 15.9. The number of hydrogen-bond donors (Lipinski definition) is 2. The van der Waals surface area contributed by atoms with Gasteiger partial charge in [-0.25, -0.2) is 0 Å². The van der Waals surface area contributed by atoms with Crippen LogP contribution in [0.15, 0.2) is 72.8 Å². The van der Waals surface area contributed by atoms with Crippen molar-refractivity contribution in [2.45, 2.75) is 67.1 Å². The van der Waals surface area contributed by atoms with Crippen molar-refractivity contribution in [3.8, 4) is 0 Å². The molecule has 14 heteroatoms. The molecule has 0 saturated carbocycles. The minimum Gasteiger partial charge on any atom is -0.418 e. The predicted molar refractivity (Wildman–Crippen MR) is 198 cm³/mol. The Kier molecular flexibility index (Phi) is 13.2. The highest BCUT2D eigenvalue weighted by Gasteiger charge is 2.67. The van der Waals surface area contributed by atoms with Crippen LogP contribution in [-0.2, 0) is 0 Å². The fourth-order valence-corrected chi connectivity index (χ4v) is 18.8. The summed E-state index contributed by atoms with van der Waals surface area (Å²) in [5.74, 6) is -1.12. The standard InChI is InChI=1S/C36H44O2P2.2BF4/c1-23-9-24(2)14-31(13-23)39(32-15-25(3)10-26(4)16-32)21-36(38)40(22-35(39)37,33-17-27(5)11-28(6)18-33)34-19-29(7)12-30(8)20-34;2*2-1(3,4)5/h9-20,35-38H,21-22H2,1-8H3;;/q+2;2*-1/t35-,36+;;. The van der Waals surface area contributed by atoms with Crippen LogP contribution >= 0.6 is 14.5 Å². The van der Waals surface area contributed by atoms with Gasteiger partial charge < -0.3 is 44.7 Å². The Morgan fingerprint density at radius 1 is 0.380 bits per heavy atom. The molecule has 1 aliphatic heterocycles. The summed E-state index contributed by atoms with van der Waals surface area (Å²) in [7, 11) is -16.8. The maximum atomic E-state index is 12.7. The molecule has 0 aliphatic carbocycles. The minimum absolute atomic E-state index is 0.562. The van der Waals surface area contributed by atoms with E-state index in [-0.39, 0.29) is 0 Å². The maximum absolute atomic E-state index is 12.7. The molecule has 50 heavy (non-hydrogen) atoms. The van der Waals surface area contributed by atoms with Crippen LogP contribution in [0.2, 0.25) is 0 Å². The Hall–Kier alpha value is -2.77. The molecule has 2 nitrogen and oxygen atoms in total. The van der Waals surface area contributed by atoms with Gasteiger partial charge in [0, 0.05) is 0 Å². The van der Waals surface area contributed by atoms with Crippen LogP contribution in [0.4, 0.5) is 34.5 Å². The first kappa shape index (κ1) is 41.6. The van der Waals surface area contributed by atoms with Crippen LogP contribution in [0.1, 0.15) is 44.5 Å². The fraction of sp³-hybridized carbons (Fsp3) is 0.333. The monoisotopic (exact) mass is 744 g/mol. The Bertz CT molecular complexity index is 1490. The molecule has 1 heterocycles. The zero-order valence-electron chi connectivity index (χ0n) is 29.5. The van der Waals surface area contributed by atoms with Crippen molar-refractivity contribution in [2.24, 2.45) is 0 Å². The first-order chi connectivity index (χ1) is 22.8. The van der Waals surface area contributed by atoms with E-state index in [0.29, 0.717) is 12.3 Å². The number of benzene rings is 4. The van der Waals surface area contributed by atoms with Crippen LogP contribution in [0.5, 0.6) is 0 Å². The highest BCUT2D eigenvalue weighted by Crippen LogP contribution is 2.75. The van der Waals surface area contributed by atoms with Gasteiger partial charge in [-0.2, -0.15) is 0 Å². The van der Waals surface area contributed by atoms with Crippen LogP contribution in [-0.4, -0.2) is 48.7 Å². The second-order valence-corrected chi connectivity index (χ2v) is 20.9. The van der Waals surface area contributed by atoms with Crippen molar-refractivity contribution >= 4 is 50.3 Å². The molecule has 4 aromatic carbocycles. The lowest BCUT2D eigenvalue weighted by Crippen LogP contribution is -2.50. The van der Waals surface area contributed by atoms with E-state index in [1.165, 1.54) is 65.7 Å². The number of hydrogen-bond acceptors (Lipinski definition) is 2. The van der Waals surface area contributed by atoms with Crippen molar-refractivity contribution < 1.29 is 44.7 Å². The van der Waals surface area contributed by atoms with Gasteiger partial charge in [0.25, 0.3) is 0 Å². The number of halogens is 8. The predicted octanol–water partition coefficient (Wildman–Crippen LogP) is 9.04. The van der Waals surface area contributed by atoms with E-state index in [0.717, 1.165) is 0 Å². The summed E-state index contributed by atoms with van der Waals surface area (Å²) in [6, 6.07) is 27.0. The number of rotatable bonds is 4. The first-order valence-electron chi connectivity index (χ1n) is 16.1. The van der Waals surface area contributed by atoms with Crippen molar-refractivity contribution in [3.63, 3.8) is 0 Å². The van der Waals surface area contributed by atoms with Crippen molar-refractivity contribution in [3.05, 3.63) is 117 Å². The number of aliphatic hydroxyl groups excluding tert-OH is 2. The van der Waals surface area contributed by atoms with Crippen LogP contribution in [0, 0.1) is 55.4 Å². The third kappa shape index (κ3) is 10.6. The van der Waals surface area contributed by atoms with E-state index in [2.05, 4.69) is 128 Å². The van der Waals surface area contributed by atoms with E-state index in [4.69, 9.17) is 0 Å². The van der Waals surface area contributed by atoms with Gasteiger partial charge >= 0.3 is 14.5 Å². The summed E-state index contributed by atoms with van der Waals surface area (Å²) < 4.78 is 78.0.